The first-order valence-corrected chi connectivity index (χ1v) is 29.1. The third-order valence-electron chi connectivity index (χ3n) is 13.5. The van der Waals surface area contributed by atoms with Gasteiger partial charge >= 0.3 is 5.97 Å². The van der Waals surface area contributed by atoms with E-state index in [2.05, 4.69) is 31.3 Å². The van der Waals surface area contributed by atoms with Gasteiger partial charge in [0.2, 0.25) is 5.91 Å². The lowest BCUT2D eigenvalue weighted by atomic mass is 10.0. The molecule has 384 valence electrons. The minimum absolute atomic E-state index is 0.00763. The number of hydrogen-bond acceptors (Lipinski definition) is 5. The number of nitrogens with one attached hydrogen (secondary N) is 1. The number of unbranched alkanes of at least 4 members (excludes halogenated alkanes) is 41. The van der Waals surface area contributed by atoms with Gasteiger partial charge in [-0.25, -0.2) is 0 Å². The summed E-state index contributed by atoms with van der Waals surface area (Å²) in [7, 11) is 0. The predicted octanol–water partition coefficient (Wildman–Crippen LogP) is 17.9. The van der Waals surface area contributed by atoms with Gasteiger partial charge in [-0.15, -0.1) is 0 Å². The number of allylic oxidation sites excluding steroid dienone is 3. The topological polar surface area (TPSA) is 95.9 Å². The standard InChI is InChI=1S/C59H113NO5/c1-3-5-7-9-11-13-15-17-18-19-20-21-22-25-28-31-35-39-43-47-51-57(62)56(55-61)60-58(63)52-48-44-40-36-32-29-26-23-24-27-30-34-38-42-46-50-54-65-59(64)53-49-45-41-37-33-16-14-12-10-8-6-4-2/h12,14,47,51,56-57,61-62H,3-11,13,15-46,48-50,52-55H2,1-2H3,(H,60,63)/b14-12-,51-47+. The van der Waals surface area contributed by atoms with Crippen LogP contribution in [-0.4, -0.2) is 47.4 Å². The number of rotatable bonds is 54. The lowest BCUT2D eigenvalue weighted by molar-refractivity contribution is -0.143. The molecule has 0 aromatic rings. The summed E-state index contributed by atoms with van der Waals surface area (Å²) in [5.74, 6) is -0.0802. The lowest BCUT2D eigenvalue weighted by Crippen LogP contribution is -2.45. The molecule has 65 heavy (non-hydrogen) atoms. The number of aliphatic hydroxyl groups excluding tert-OH is 2. The third kappa shape index (κ3) is 51.6. The highest BCUT2D eigenvalue weighted by Gasteiger charge is 2.18. The zero-order chi connectivity index (χ0) is 47.2. The van der Waals surface area contributed by atoms with Crippen molar-refractivity contribution in [2.24, 2.45) is 0 Å². The van der Waals surface area contributed by atoms with Crippen molar-refractivity contribution in [1.82, 2.24) is 5.32 Å². The van der Waals surface area contributed by atoms with Crippen LogP contribution in [0.5, 0.6) is 0 Å². The molecule has 0 heterocycles. The van der Waals surface area contributed by atoms with Gasteiger partial charge in [-0.05, 0) is 57.8 Å². The maximum absolute atomic E-state index is 12.5. The fourth-order valence-corrected chi connectivity index (χ4v) is 8.98. The highest BCUT2D eigenvalue weighted by Crippen LogP contribution is 2.17. The van der Waals surface area contributed by atoms with E-state index < -0.39 is 12.1 Å². The summed E-state index contributed by atoms with van der Waals surface area (Å²) >= 11 is 0. The molecule has 0 aromatic heterocycles. The Balaban J connectivity index is 3.47. The Labute approximate surface area is 405 Å². The zero-order valence-electron chi connectivity index (χ0n) is 43.7. The largest absolute Gasteiger partial charge is 0.466 e. The summed E-state index contributed by atoms with van der Waals surface area (Å²) in [5, 5.41) is 23.2. The van der Waals surface area contributed by atoms with Crippen molar-refractivity contribution in [2.45, 2.75) is 328 Å². The molecule has 0 fully saturated rings. The van der Waals surface area contributed by atoms with Gasteiger partial charge in [0.1, 0.15) is 0 Å². The Morgan fingerprint density at radius 3 is 1.12 bits per heavy atom. The normalized spacial score (nSPS) is 12.7. The zero-order valence-corrected chi connectivity index (χ0v) is 43.7. The minimum atomic E-state index is -0.850. The van der Waals surface area contributed by atoms with E-state index in [1.54, 1.807) is 6.08 Å². The van der Waals surface area contributed by atoms with Crippen LogP contribution >= 0.6 is 0 Å². The van der Waals surface area contributed by atoms with Crippen LogP contribution in [0.2, 0.25) is 0 Å². The molecule has 0 aliphatic heterocycles. The van der Waals surface area contributed by atoms with E-state index in [4.69, 9.17) is 4.74 Å². The van der Waals surface area contributed by atoms with E-state index in [1.807, 2.05) is 6.08 Å². The SMILES string of the molecule is CCCCC/C=C\CCCCCCCC(=O)OCCCCCCCCCCCCCCCCCCC(=O)NC(CO)C(O)/C=C/CCCCCCCCCCCCCCCCCCCC. The van der Waals surface area contributed by atoms with Crippen LogP contribution in [0.3, 0.4) is 0 Å². The van der Waals surface area contributed by atoms with Gasteiger partial charge in [0.25, 0.3) is 0 Å². The second-order valence-electron chi connectivity index (χ2n) is 20.0. The van der Waals surface area contributed by atoms with Crippen LogP contribution in [0, 0.1) is 0 Å². The molecule has 2 atom stereocenters. The monoisotopic (exact) mass is 916 g/mol. The summed E-state index contributed by atoms with van der Waals surface area (Å²) in [6.07, 6.45) is 66.2. The van der Waals surface area contributed by atoms with Gasteiger partial charge in [-0.1, -0.05) is 269 Å². The summed E-state index contributed by atoms with van der Waals surface area (Å²) in [5.41, 5.74) is 0. The van der Waals surface area contributed by atoms with Crippen LogP contribution in [-0.2, 0) is 14.3 Å². The molecule has 0 aliphatic carbocycles. The highest BCUT2D eigenvalue weighted by molar-refractivity contribution is 5.76. The molecule has 6 nitrogen and oxygen atoms in total. The summed E-state index contributed by atoms with van der Waals surface area (Å²) in [6, 6.07) is -0.633. The molecule has 0 aliphatic rings. The molecule has 1 amide bonds. The van der Waals surface area contributed by atoms with Crippen LogP contribution in [0.1, 0.15) is 316 Å². The van der Waals surface area contributed by atoms with Crippen molar-refractivity contribution in [1.29, 1.82) is 0 Å². The quantitative estimate of drug-likeness (QED) is 0.0321. The van der Waals surface area contributed by atoms with Crippen molar-refractivity contribution in [3.8, 4) is 0 Å². The molecular weight excluding hydrogens is 803 g/mol. The first-order valence-electron chi connectivity index (χ1n) is 29.1. The molecule has 2 unspecified atom stereocenters. The Bertz CT molecular complexity index is 1010. The number of aliphatic hydroxyl groups is 2. The van der Waals surface area contributed by atoms with E-state index in [-0.39, 0.29) is 18.5 Å². The van der Waals surface area contributed by atoms with E-state index >= 15 is 0 Å². The van der Waals surface area contributed by atoms with Crippen molar-refractivity contribution >= 4 is 11.9 Å². The predicted molar refractivity (Wildman–Crippen MR) is 283 cm³/mol. The van der Waals surface area contributed by atoms with Gasteiger partial charge in [-0.2, -0.15) is 0 Å². The summed E-state index contributed by atoms with van der Waals surface area (Å²) in [4.78, 5) is 24.5. The van der Waals surface area contributed by atoms with E-state index in [0.29, 0.717) is 19.4 Å². The molecule has 3 N–H and O–H groups in total. The van der Waals surface area contributed by atoms with Crippen molar-refractivity contribution in [2.75, 3.05) is 13.2 Å². The Hall–Kier alpha value is -1.66. The van der Waals surface area contributed by atoms with E-state index in [1.165, 1.54) is 244 Å². The van der Waals surface area contributed by atoms with Crippen LogP contribution < -0.4 is 5.32 Å². The summed E-state index contributed by atoms with van der Waals surface area (Å²) in [6.45, 7) is 4.88. The molecule has 0 aromatic carbocycles. The second kappa shape index (κ2) is 54.9. The lowest BCUT2D eigenvalue weighted by Gasteiger charge is -2.20. The molecular formula is C59H113NO5. The van der Waals surface area contributed by atoms with Crippen molar-refractivity contribution in [3.63, 3.8) is 0 Å². The minimum Gasteiger partial charge on any atom is -0.466 e. The maximum atomic E-state index is 12.5. The van der Waals surface area contributed by atoms with Crippen molar-refractivity contribution in [3.05, 3.63) is 24.3 Å². The van der Waals surface area contributed by atoms with Crippen LogP contribution in [0.15, 0.2) is 24.3 Å². The molecule has 0 spiro atoms. The Kier molecular flexibility index (Phi) is 53.5. The summed E-state index contributed by atoms with van der Waals surface area (Å²) < 4.78 is 5.46. The van der Waals surface area contributed by atoms with Crippen LogP contribution in [0.25, 0.3) is 0 Å². The van der Waals surface area contributed by atoms with Gasteiger partial charge in [0.15, 0.2) is 0 Å². The maximum Gasteiger partial charge on any atom is 0.305 e. The van der Waals surface area contributed by atoms with Crippen LogP contribution in [0.4, 0.5) is 0 Å². The molecule has 0 rings (SSSR count). The van der Waals surface area contributed by atoms with Gasteiger partial charge in [0, 0.05) is 12.8 Å². The average molecular weight is 917 g/mol. The van der Waals surface area contributed by atoms with Crippen molar-refractivity contribution < 1.29 is 24.5 Å². The number of esters is 1. The number of carbonyl (C=O) groups is 2. The Morgan fingerprint density at radius 1 is 0.415 bits per heavy atom. The smallest absolute Gasteiger partial charge is 0.305 e. The average Bonchev–Trinajstić information content (AvgIpc) is 3.31. The third-order valence-corrected chi connectivity index (χ3v) is 13.5. The van der Waals surface area contributed by atoms with Gasteiger partial charge < -0.3 is 20.3 Å². The number of amides is 1. The fraction of sp³-hybridized carbons (Fsp3) is 0.898. The first-order chi connectivity index (χ1) is 32.0. The molecule has 0 saturated carbocycles. The van der Waals surface area contributed by atoms with E-state index in [0.717, 1.165) is 44.9 Å². The number of carbonyl (C=O) groups excluding carboxylic acids is 2. The molecule has 6 heteroatoms. The van der Waals surface area contributed by atoms with Gasteiger partial charge in [-0.3, -0.25) is 9.59 Å². The van der Waals surface area contributed by atoms with E-state index in [9.17, 15) is 19.8 Å². The number of hydrogen-bond donors (Lipinski definition) is 3. The molecule has 0 bridgehead atoms. The molecule has 0 radical (unpaired) electrons. The number of ether oxygens (including phenoxy) is 1. The molecule has 0 saturated heterocycles. The second-order valence-corrected chi connectivity index (χ2v) is 20.0. The first kappa shape index (κ1) is 63.3. The highest BCUT2D eigenvalue weighted by atomic mass is 16.5. The van der Waals surface area contributed by atoms with Gasteiger partial charge in [0.05, 0.1) is 25.4 Å². The fourth-order valence-electron chi connectivity index (χ4n) is 8.98. The Morgan fingerprint density at radius 2 is 0.723 bits per heavy atom.